The summed E-state index contributed by atoms with van der Waals surface area (Å²) in [5, 5.41) is 20.2. The zero-order valence-electron chi connectivity index (χ0n) is 14.8. The number of nitrogens with zero attached hydrogens (tertiary/aromatic N) is 2. The van der Waals surface area contributed by atoms with E-state index in [1.807, 2.05) is 19.0 Å². The highest BCUT2D eigenvalue weighted by Crippen LogP contribution is 2.40. The van der Waals surface area contributed by atoms with Crippen molar-refractivity contribution in [3.05, 3.63) is 64.3 Å². The highest BCUT2D eigenvalue weighted by molar-refractivity contribution is 6.32. The van der Waals surface area contributed by atoms with Crippen LogP contribution < -0.4 is 0 Å². The number of carbonyl (C=O) groups excluding carboxylic acids is 2. The third kappa shape index (κ3) is 3.56. The van der Waals surface area contributed by atoms with Crippen molar-refractivity contribution >= 4 is 23.3 Å². The van der Waals surface area contributed by atoms with E-state index in [9.17, 15) is 19.8 Å². The summed E-state index contributed by atoms with van der Waals surface area (Å²) in [6.45, 7) is 0.817. The molecule has 1 aromatic carbocycles. The highest BCUT2D eigenvalue weighted by atomic mass is 35.5. The molecule has 2 aromatic rings. The van der Waals surface area contributed by atoms with Gasteiger partial charge in [0.1, 0.15) is 5.75 Å². The number of Topliss-reactive ketones (excluding diaryl/α,β-unsaturated/α-hetero) is 1. The first-order chi connectivity index (χ1) is 12.8. The van der Waals surface area contributed by atoms with Gasteiger partial charge in [-0.25, -0.2) is 0 Å². The first kappa shape index (κ1) is 19.0. The minimum Gasteiger partial charge on any atom is -0.506 e. The second kappa shape index (κ2) is 7.46. The fraction of sp³-hybridized carbons (Fsp3) is 0.263. The van der Waals surface area contributed by atoms with E-state index in [1.165, 1.54) is 29.4 Å². The van der Waals surface area contributed by atoms with Gasteiger partial charge in [-0.2, -0.15) is 0 Å². The van der Waals surface area contributed by atoms with Crippen molar-refractivity contribution < 1.29 is 24.2 Å². The summed E-state index contributed by atoms with van der Waals surface area (Å²) in [5.41, 5.74) is 0.430. The van der Waals surface area contributed by atoms with Crippen LogP contribution in [0.5, 0.6) is 5.75 Å². The largest absolute Gasteiger partial charge is 0.506 e. The number of phenolic OH excluding ortho intramolecular Hbond substituents is 1. The SMILES string of the molecule is CN(C)CCN1C(=O)C(O)=C(C(=O)c2ccco2)C1c1ccc(O)c(Cl)c1. The predicted octanol–water partition coefficient (Wildman–Crippen LogP) is 2.78. The summed E-state index contributed by atoms with van der Waals surface area (Å²) in [5.74, 6) is -1.91. The Morgan fingerprint density at radius 1 is 1.30 bits per heavy atom. The van der Waals surface area contributed by atoms with Crippen molar-refractivity contribution in [3.63, 3.8) is 0 Å². The van der Waals surface area contributed by atoms with E-state index in [-0.39, 0.29) is 28.7 Å². The van der Waals surface area contributed by atoms with Gasteiger partial charge in [-0.1, -0.05) is 17.7 Å². The molecule has 0 saturated carbocycles. The quantitative estimate of drug-likeness (QED) is 0.736. The van der Waals surface area contributed by atoms with Gasteiger partial charge in [-0.15, -0.1) is 0 Å². The average molecular weight is 391 g/mol. The van der Waals surface area contributed by atoms with Crippen molar-refractivity contribution in [2.24, 2.45) is 0 Å². The monoisotopic (exact) mass is 390 g/mol. The Labute approximate surface area is 161 Å². The molecule has 0 fully saturated rings. The van der Waals surface area contributed by atoms with Crippen LogP contribution in [0.4, 0.5) is 0 Å². The standard InChI is InChI=1S/C19H19ClN2O5/c1-21(2)7-8-22-16(11-5-6-13(23)12(20)10-11)15(18(25)19(22)26)17(24)14-4-3-9-27-14/h3-6,9-10,16,23,25H,7-8H2,1-2H3. The lowest BCUT2D eigenvalue weighted by molar-refractivity contribution is -0.129. The summed E-state index contributed by atoms with van der Waals surface area (Å²) in [7, 11) is 3.71. The molecular weight excluding hydrogens is 372 g/mol. The number of benzene rings is 1. The van der Waals surface area contributed by atoms with Gasteiger partial charge in [0, 0.05) is 13.1 Å². The molecule has 2 N–H and O–H groups in total. The van der Waals surface area contributed by atoms with Gasteiger partial charge in [0.25, 0.3) is 5.91 Å². The molecule has 7 nitrogen and oxygen atoms in total. The number of hydrogen-bond donors (Lipinski definition) is 2. The molecule has 27 heavy (non-hydrogen) atoms. The molecule has 3 rings (SSSR count). The van der Waals surface area contributed by atoms with E-state index < -0.39 is 23.5 Å². The lowest BCUT2D eigenvalue weighted by Crippen LogP contribution is -2.36. The molecule has 1 aliphatic heterocycles. The molecule has 2 heterocycles. The topological polar surface area (TPSA) is 94.2 Å². The normalized spacial score (nSPS) is 17.3. The number of phenols is 1. The number of carbonyl (C=O) groups is 2. The van der Waals surface area contributed by atoms with E-state index in [0.717, 1.165) is 0 Å². The van der Waals surface area contributed by atoms with Gasteiger partial charge in [0.05, 0.1) is 22.9 Å². The molecule has 1 aliphatic rings. The third-order valence-corrected chi connectivity index (χ3v) is 4.67. The van der Waals surface area contributed by atoms with Gasteiger partial charge >= 0.3 is 0 Å². The number of halogens is 1. The molecule has 8 heteroatoms. The first-order valence-corrected chi connectivity index (χ1v) is 8.64. The lowest BCUT2D eigenvalue weighted by Gasteiger charge is -2.28. The molecule has 1 unspecified atom stereocenters. The molecular formula is C19H19ClN2O5. The highest BCUT2D eigenvalue weighted by Gasteiger charge is 2.44. The van der Waals surface area contributed by atoms with E-state index in [0.29, 0.717) is 12.1 Å². The maximum Gasteiger partial charge on any atom is 0.290 e. The van der Waals surface area contributed by atoms with Crippen molar-refractivity contribution in [1.82, 2.24) is 9.80 Å². The van der Waals surface area contributed by atoms with Crippen molar-refractivity contribution in [3.8, 4) is 5.75 Å². The number of hydrogen-bond acceptors (Lipinski definition) is 6. The van der Waals surface area contributed by atoms with Crippen molar-refractivity contribution in [2.45, 2.75) is 6.04 Å². The van der Waals surface area contributed by atoms with Gasteiger partial charge in [-0.3, -0.25) is 9.59 Å². The van der Waals surface area contributed by atoms with Gasteiger partial charge in [0.15, 0.2) is 11.5 Å². The smallest absolute Gasteiger partial charge is 0.290 e. The molecule has 1 aromatic heterocycles. The molecule has 1 atom stereocenters. The molecule has 0 radical (unpaired) electrons. The second-order valence-corrected chi connectivity index (χ2v) is 6.89. The Hall–Kier alpha value is -2.77. The molecule has 142 valence electrons. The summed E-state index contributed by atoms with van der Waals surface area (Å²) in [6.07, 6.45) is 1.35. The van der Waals surface area contributed by atoms with Gasteiger partial charge in [-0.05, 0) is 43.9 Å². The van der Waals surface area contributed by atoms with Crippen molar-refractivity contribution in [2.75, 3.05) is 27.2 Å². The van der Waals surface area contributed by atoms with Crippen molar-refractivity contribution in [1.29, 1.82) is 0 Å². The van der Waals surface area contributed by atoms with Crippen LogP contribution in [0.15, 0.2) is 52.3 Å². The van der Waals surface area contributed by atoms with Crippen LogP contribution in [0, 0.1) is 0 Å². The number of ketones is 1. The van der Waals surface area contributed by atoms with E-state index >= 15 is 0 Å². The Kier molecular flexibility index (Phi) is 5.25. The Balaban J connectivity index is 2.08. The van der Waals surface area contributed by atoms with Crippen LogP contribution in [-0.4, -0.2) is 58.9 Å². The number of likely N-dealkylation sites (N-methyl/N-ethyl adjacent to an activating group) is 1. The average Bonchev–Trinajstić information content (AvgIpc) is 3.24. The maximum atomic E-state index is 12.9. The van der Waals surface area contributed by atoms with Crippen LogP contribution in [0.25, 0.3) is 0 Å². The summed E-state index contributed by atoms with van der Waals surface area (Å²) in [4.78, 5) is 28.9. The Bertz CT molecular complexity index is 905. The lowest BCUT2D eigenvalue weighted by atomic mass is 9.95. The zero-order valence-corrected chi connectivity index (χ0v) is 15.6. The van der Waals surface area contributed by atoms with Gasteiger partial charge < -0.3 is 24.4 Å². The van der Waals surface area contributed by atoms with E-state index in [4.69, 9.17) is 16.0 Å². The summed E-state index contributed by atoms with van der Waals surface area (Å²) >= 11 is 6.02. The maximum absolute atomic E-state index is 12.9. The number of aliphatic hydroxyl groups is 1. The third-order valence-electron chi connectivity index (χ3n) is 4.37. The molecule has 0 saturated heterocycles. The number of rotatable bonds is 6. The minimum atomic E-state index is -0.840. The Morgan fingerprint density at radius 2 is 2.04 bits per heavy atom. The van der Waals surface area contributed by atoms with Crippen LogP contribution >= 0.6 is 11.6 Å². The minimum absolute atomic E-state index is 0.0219. The predicted molar refractivity (Wildman–Crippen MR) is 98.8 cm³/mol. The number of furan rings is 1. The summed E-state index contributed by atoms with van der Waals surface area (Å²) in [6, 6.07) is 6.61. The number of aliphatic hydroxyl groups excluding tert-OH is 1. The van der Waals surface area contributed by atoms with Crippen LogP contribution in [0.2, 0.25) is 5.02 Å². The molecule has 0 bridgehead atoms. The molecule has 1 amide bonds. The Morgan fingerprint density at radius 3 is 2.63 bits per heavy atom. The van der Waals surface area contributed by atoms with E-state index in [1.54, 1.807) is 12.1 Å². The van der Waals surface area contributed by atoms with Crippen LogP contribution in [0.1, 0.15) is 22.2 Å². The summed E-state index contributed by atoms with van der Waals surface area (Å²) < 4.78 is 5.15. The number of aromatic hydroxyl groups is 1. The van der Waals surface area contributed by atoms with Crippen LogP contribution in [0.3, 0.4) is 0 Å². The second-order valence-electron chi connectivity index (χ2n) is 6.48. The van der Waals surface area contributed by atoms with Crippen LogP contribution in [-0.2, 0) is 4.79 Å². The van der Waals surface area contributed by atoms with E-state index in [2.05, 4.69) is 0 Å². The molecule has 0 spiro atoms. The fourth-order valence-electron chi connectivity index (χ4n) is 3.00. The zero-order chi connectivity index (χ0) is 19.7. The fourth-order valence-corrected chi connectivity index (χ4v) is 3.19. The molecule has 0 aliphatic carbocycles. The number of amides is 1. The van der Waals surface area contributed by atoms with Gasteiger partial charge in [0.2, 0.25) is 5.78 Å². The first-order valence-electron chi connectivity index (χ1n) is 8.26.